The third kappa shape index (κ3) is 4.30. The molecule has 0 bridgehead atoms. The third-order valence-electron chi connectivity index (χ3n) is 4.23. The Labute approximate surface area is 146 Å². The largest absolute Gasteiger partial charge is 0.388 e. The highest BCUT2D eigenvalue weighted by Gasteiger charge is 2.30. The zero-order chi connectivity index (χ0) is 16.8. The fraction of sp³-hybridized carbons (Fsp3) is 0.316. The topological polar surface area (TPSA) is 61.4 Å². The van der Waals surface area contributed by atoms with E-state index in [9.17, 15) is 9.90 Å². The van der Waals surface area contributed by atoms with E-state index in [0.29, 0.717) is 12.1 Å². The first-order valence-corrected chi connectivity index (χ1v) is 9.31. The molecule has 2 aromatic carbocycles. The number of thioether (sulfide) groups is 1. The van der Waals surface area contributed by atoms with Crippen molar-refractivity contribution in [2.24, 2.45) is 0 Å². The molecule has 1 heterocycles. The van der Waals surface area contributed by atoms with Gasteiger partial charge >= 0.3 is 0 Å². The Hall–Kier alpha value is -1.98. The smallest absolute Gasteiger partial charge is 0.253 e. The fourth-order valence-corrected chi connectivity index (χ4v) is 3.99. The number of benzene rings is 2. The van der Waals surface area contributed by atoms with E-state index in [-0.39, 0.29) is 5.91 Å². The van der Waals surface area contributed by atoms with Crippen LogP contribution in [0.1, 0.15) is 23.2 Å². The molecule has 4 nitrogen and oxygen atoms in total. The van der Waals surface area contributed by atoms with Crippen LogP contribution in [0.5, 0.6) is 0 Å². The van der Waals surface area contributed by atoms with Crippen LogP contribution in [0.3, 0.4) is 0 Å². The summed E-state index contributed by atoms with van der Waals surface area (Å²) in [6.07, 6.45) is 1.45. The Morgan fingerprint density at radius 3 is 2.46 bits per heavy atom. The molecule has 0 aliphatic carbocycles. The van der Waals surface area contributed by atoms with Crippen LogP contribution in [-0.2, 0) is 0 Å². The maximum absolute atomic E-state index is 12.6. The van der Waals surface area contributed by atoms with Crippen LogP contribution in [0, 0.1) is 0 Å². The number of amides is 1. The zero-order valence-electron chi connectivity index (χ0n) is 13.5. The van der Waals surface area contributed by atoms with Crippen molar-refractivity contribution in [2.45, 2.75) is 18.4 Å². The van der Waals surface area contributed by atoms with E-state index in [2.05, 4.69) is 10.6 Å². The molecule has 0 radical (unpaired) electrons. The summed E-state index contributed by atoms with van der Waals surface area (Å²) in [4.78, 5) is 12.6. The predicted molar refractivity (Wildman–Crippen MR) is 100 cm³/mol. The first-order valence-electron chi connectivity index (χ1n) is 8.16. The van der Waals surface area contributed by atoms with E-state index >= 15 is 0 Å². The molecule has 0 unspecified atom stereocenters. The highest BCUT2D eigenvalue weighted by molar-refractivity contribution is 7.99. The van der Waals surface area contributed by atoms with Gasteiger partial charge in [-0.05, 0) is 48.6 Å². The molecule has 1 saturated heterocycles. The number of hydrogen-bond acceptors (Lipinski definition) is 4. The van der Waals surface area contributed by atoms with Crippen molar-refractivity contribution in [1.82, 2.24) is 5.32 Å². The second kappa shape index (κ2) is 7.73. The maximum Gasteiger partial charge on any atom is 0.253 e. The molecule has 0 saturated carbocycles. The van der Waals surface area contributed by atoms with E-state index in [1.165, 1.54) is 0 Å². The number of rotatable bonds is 5. The van der Waals surface area contributed by atoms with E-state index in [1.54, 1.807) is 6.07 Å². The fourth-order valence-electron chi connectivity index (χ4n) is 2.74. The van der Waals surface area contributed by atoms with Gasteiger partial charge in [0.25, 0.3) is 5.91 Å². The second-order valence-electron chi connectivity index (χ2n) is 6.06. The lowest BCUT2D eigenvalue weighted by atomic mass is 9.96. The van der Waals surface area contributed by atoms with Crippen LogP contribution in [0.4, 0.5) is 11.4 Å². The summed E-state index contributed by atoms with van der Waals surface area (Å²) in [5.41, 5.74) is 1.49. The number of hydrogen-bond donors (Lipinski definition) is 3. The summed E-state index contributed by atoms with van der Waals surface area (Å²) in [5, 5.41) is 16.7. The number of anilines is 2. The van der Waals surface area contributed by atoms with Crippen molar-refractivity contribution in [3.63, 3.8) is 0 Å². The quantitative estimate of drug-likeness (QED) is 0.779. The Morgan fingerprint density at radius 2 is 1.71 bits per heavy atom. The molecule has 3 rings (SSSR count). The number of carbonyl (C=O) groups is 1. The SMILES string of the molecule is O=C(NCC1(O)CCSCC1)c1ccccc1Nc1ccccc1. The molecular weight excluding hydrogens is 320 g/mol. The van der Waals surface area contributed by atoms with Gasteiger partial charge in [-0.25, -0.2) is 0 Å². The highest BCUT2D eigenvalue weighted by atomic mass is 32.2. The van der Waals surface area contributed by atoms with Gasteiger partial charge < -0.3 is 15.7 Å². The Morgan fingerprint density at radius 1 is 1.04 bits per heavy atom. The van der Waals surface area contributed by atoms with Crippen molar-refractivity contribution < 1.29 is 9.90 Å². The van der Waals surface area contributed by atoms with Crippen LogP contribution >= 0.6 is 11.8 Å². The van der Waals surface area contributed by atoms with Gasteiger partial charge in [0, 0.05) is 12.2 Å². The third-order valence-corrected chi connectivity index (χ3v) is 5.21. The van der Waals surface area contributed by atoms with Crippen LogP contribution in [-0.4, -0.2) is 34.7 Å². The second-order valence-corrected chi connectivity index (χ2v) is 7.28. The number of para-hydroxylation sites is 2. The molecule has 3 N–H and O–H groups in total. The first-order chi connectivity index (χ1) is 11.7. The molecule has 0 atom stereocenters. The van der Waals surface area contributed by atoms with E-state index in [4.69, 9.17) is 0 Å². The number of carbonyl (C=O) groups excluding carboxylic acids is 1. The van der Waals surface area contributed by atoms with Gasteiger partial charge in [-0.15, -0.1) is 0 Å². The molecule has 126 valence electrons. The lowest BCUT2D eigenvalue weighted by molar-refractivity contribution is 0.0311. The van der Waals surface area contributed by atoms with Crippen LogP contribution in [0.25, 0.3) is 0 Å². The summed E-state index contributed by atoms with van der Waals surface area (Å²) in [6.45, 7) is 0.298. The van der Waals surface area contributed by atoms with Gasteiger partial charge in [0.2, 0.25) is 0 Å². The van der Waals surface area contributed by atoms with Crippen LogP contribution in [0.2, 0.25) is 0 Å². The normalized spacial score (nSPS) is 16.4. The Balaban J connectivity index is 1.68. The van der Waals surface area contributed by atoms with Crippen molar-refractivity contribution in [3.8, 4) is 0 Å². The monoisotopic (exact) mass is 342 g/mol. The molecule has 1 aliphatic rings. The molecule has 5 heteroatoms. The molecule has 0 aromatic heterocycles. The average Bonchev–Trinajstić information content (AvgIpc) is 2.62. The minimum atomic E-state index is -0.775. The van der Waals surface area contributed by atoms with Gasteiger partial charge in [0.15, 0.2) is 0 Å². The van der Waals surface area contributed by atoms with Crippen molar-refractivity contribution in [1.29, 1.82) is 0 Å². The standard InChI is InChI=1S/C19H22N2O2S/c22-18(20-14-19(23)10-12-24-13-11-19)16-8-4-5-9-17(16)21-15-6-2-1-3-7-15/h1-9,21,23H,10-14H2,(H,20,22). The van der Waals surface area contributed by atoms with E-state index in [1.807, 2.05) is 60.3 Å². The zero-order valence-corrected chi connectivity index (χ0v) is 14.3. The summed E-state index contributed by atoms with van der Waals surface area (Å²) in [6, 6.07) is 17.2. The summed E-state index contributed by atoms with van der Waals surface area (Å²) < 4.78 is 0. The molecule has 24 heavy (non-hydrogen) atoms. The van der Waals surface area contributed by atoms with Gasteiger partial charge in [-0.2, -0.15) is 11.8 Å². The van der Waals surface area contributed by atoms with E-state index in [0.717, 1.165) is 35.7 Å². The van der Waals surface area contributed by atoms with Crippen LogP contribution < -0.4 is 10.6 Å². The van der Waals surface area contributed by atoms with Crippen molar-refractivity contribution in [2.75, 3.05) is 23.4 Å². The molecule has 1 fully saturated rings. The Bertz CT molecular complexity index is 685. The number of nitrogens with one attached hydrogen (secondary N) is 2. The van der Waals surface area contributed by atoms with Gasteiger partial charge in [0.05, 0.1) is 16.9 Å². The van der Waals surface area contributed by atoms with E-state index < -0.39 is 5.60 Å². The molecule has 2 aromatic rings. The predicted octanol–water partition coefficient (Wildman–Crippen LogP) is 3.42. The Kier molecular flexibility index (Phi) is 5.43. The lowest BCUT2D eigenvalue weighted by Gasteiger charge is -2.31. The molecular formula is C19H22N2O2S. The molecule has 0 spiro atoms. The summed E-state index contributed by atoms with van der Waals surface area (Å²) in [5.74, 6) is 1.72. The highest BCUT2D eigenvalue weighted by Crippen LogP contribution is 2.26. The van der Waals surface area contributed by atoms with Gasteiger partial charge in [0.1, 0.15) is 0 Å². The minimum absolute atomic E-state index is 0.166. The molecule has 1 amide bonds. The minimum Gasteiger partial charge on any atom is -0.388 e. The van der Waals surface area contributed by atoms with Crippen molar-refractivity contribution in [3.05, 3.63) is 60.2 Å². The average molecular weight is 342 g/mol. The lowest BCUT2D eigenvalue weighted by Crippen LogP contribution is -2.45. The molecule has 1 aliphatic heterocycles. The van der Waals surface area contributed by atoms with Gasteiger partial charge in [-0.1, -0.05) is 30.3 Å². The maximum atomic E-state index is 12.6. The number of aliphatic hydroxyl groups is 1. The first kappa shape index (κ1) is 16.9. The summed E-state index contributed by atoms with van der Waals surface area (Å²) >= 11 is 1.85. The van der Waals surface area contributed by atoms with Crippen LogP contribution in [0.15, 0.2) is 54.6 Å². The van der Waals surface area contributed by atoms with Gasteiger partial charge in [-0.3, -0.25) is 4.79 Å². The van der Waals surface area contributed by atoms with Crippen molar-refractivity contribution >= 4 is 29.0 Å². The summed E-state index contributed by atoms with van der Waals surface area (Å²) in [7, 11) is 0.